The van der Waals surface area contributed by atoms with Gasteiger partial charge in [-0.15, -0.1) is 0 Å². The lowest BCUT2D eigenvalue weighted by atomic mass is 10.4. The Morgan fingerprint density at radius 1 is 1.80 bits per heavy atom. The van der Waals surface area contributed by atoms with Crippen molar-refractivity contribution in [2.75, 3.05) is 0 Å². The van der Waals surface area contributed by atoms with Crippen LogP contribution in [0.25, 0.3) is 0 Å². The van der Waals surface area contributed by atoms with E-state index in [1.165, 1.54) is 6.54 Å². The normalized spacial score (nSPS) is 15.0. The lowest BCUT2D eigenvalue weighted by Gasteiger charge is -1.91. The van der Waals surface area contributed by atoms with Gasteiger partial charge in [0.15, 0.2) is 0 Å². The van der Waals surface area contributed by atoms with Crippen LogP contribution in [-0.2, 0) is 0 Å². The highest BCUT2D eigenvalue weighted by atomic mass is 14.7. The molecule has 2 nitrogen and oxygen atoms in total. The quantitative estimate of drug-likeness (QED) is 0.437. The van der Waals surface area contributed by atoms with Crippen LogP contribution in [0, 0.1) is 6.54 Å². The fourth-order valence-corrected chi connectivity index (χ4v) is 0. The van der Waals surface area contributed by atoms with Crippen molar-refractivity contribution in [3.05, 3.63) is 6.54 Å². The predicted molar refractivity (Wildman–Crippen MR) is 22.1 cm³/mol. The molecule has 0 aromatic carbocycles. The smallest absolute Gasteiger partial charge is 0.0358 e. The minimum Gasteiger partial charge on any atom is -0.326 e. The average Bonchev–Trinajstić information content (AvgIpc) is 1.38. The van der Waals surface area contributed by atoms with E-state index in [0.717, 1.165) is 0 Å². The van der Waals surface area contributed by atoms with Gasteiger partial charge in [-0.2, -0.15) is 0 Å². The van der Waals surface area contributed by atoms with Crippen LogP contribution < -0.4 is 11.5 Å². The molecule has 0 aromatic rings. The van der Waals surface area contributed by atoms with Gasteiger partial charge in [0.1, 0.15) is 0 Å². The van der Waals surface area contributed by atoms with Crippen molar-refractivity contribution in [3.8, 4) is 0 Å². The summed E-state index contributed by atoms with van der Waals surface area (Å²) in [6.45, 7) is 3.26. The number of hydrogen-bond acceptors (Lipinski definition) is 2. The van der Waals surface area contributed by atoms with Gasteiger partial charge in [0.05, 0.1) is 0 Å². The molecule has 5 heavy (non-hydrogen) atoms. The first-order valence-corrected chi connectivity index (χ1v) is 1.58. The summed E-state index contributed by atoms with van der Waals surface area (Å²) >= 11 is 0. The van der Waals surface area contributed by atoms with Gasteiger partial charge in [-0.25, -0.2) is 0 Å². The molecular weight excluding hydrogens is 64.0 g/mol. The number of nitrogens with two attached hydrogens (primary N) is 2. The van der Waals surface area contributed by atoms with E-state index in [2.05, 4.69) is 0 Å². The third-order valence-electron chi connectivity index (χ3n) is 0.304. The molecule has 0 heterocycles. The summed E-state index contributed by atoms with van der Waals surface area (Å²) in [7, 11) is 0. The van der Waals surface area contributed by atoms with Gasteiger partial charge in [-0.3, -0.25) is 0 Å². The Morgan fingerprint density at radius 3 is 2.00 bits per heavy atom. The van der Waals surface area contributed by atoms with Crippen molar-refractivity contribution in [3.63, 3.8) is 0 Å². The minimum absolute atomic E-state index is 0.0370. The standard InChI is InChI=1S/C3H9N2/c1-3(5)2-4/h2-3H,4-5H2,1H3. The molecule has 0 aromatic heterocycles. The second-order valence-electron chi connectivity index (χ2n) is 1.05. The Kier molecular flexibility index (Phi) is 2.14. The Hall–Kier alpha value is -0.0800. The first kappa shape index (κ1) is 4.92. The van der Waals surface area contributed by atoms with Crippen molar-refractivity contribution in [2.45, 2.75) is 13.0 Å². The Balaban J connectivity index is 2.54. The highest BCUT2D eigenvalue weighted by molar-refractivity contribution is 4.64. The van der Waals surface area contributed by atoms with Crippen LogP contribution >= 0.6 is 0 Å². The highest BCUT2D eigenvalue weighted by Gasteiger charge is 1.80. The third kappa shape index (κ3) is 3.92. The molecule has 0 bridgehead atoms. The number of rotatable bonds is 1. The summed E-state index contributed by atoms with van der Waals surface area (Å²) in [6.07, 6.45) is 0. The maximum absolute atomic E-state index is 5.11. The second-order valence-corrected chi connectivity index (χ2v) is 1.05. The molecule has 31 valence electrons. The summed E-state index contributed by atoms with van der Waals surface area (Å²) in [4.78, 5) is 0. The van der Waals surface area contributed by atoms with Gasteiger partial charge in [-0.1, -0.05) is 0 Å². The van der Waals surface area contributed by atoms with Crippen LogP contribution in [0.1, 0.15) is 6.92 Å². The van der Waals surface area contributed by atoms with E-state index in [1.807, 2.05) is 6.92 Å². The lowest BCUT2D eigenvalue weighted by Crippen LogP contribution is -2.19. The zero-order valence-electron chi connectivity index (χ0n) is 3.31. The summed E-state index contributed by atoms with van der Waals surface area (Å²) in [5.41, 5.74) is 10.0. The molecule has 1 atom stereocenters. The summed E-state index contributed by atoms with van der Waals surface area (Å²) in [5, 5.41) is 0. The first-order valence-electron chi connectivity index (χ1n) is 1.58. The zero-order valence-corrected chi connectivity index (χ0v) is 3.31. The van der Waals surface area contributed by atoms with Crippen LogP contribution in [0.4, 0.5) is 0 Å². The molecule has 0 rings (SSSR count). The van der Waals surface area contributed by atoms with Gasteiger partial charge in [0.25, 0.3) is 0 Å². The summed E-state index contributed by atoms with van der Waals surface area (Å²) in [5.74, 6) is 0. The van der Waals surface area contributed by atoms with E-state index in [1.54, 1.807) is 0 Å². The maximum Gasteiger partial charge on any atom is 0.0358 e. The van der Waals surface area contributed by atoms with Crippen LogP contribution in [-0.4, -0.2) is 6.04 Å². The minimum atomic E-state index is 0.0370. The molecule has 0 saturated carbocycles. The highest BCUT2D eigenvalue weighted by Crippen LogP contribution is 1.66. The van der Waals surface area contributed by atoms with Crippen molar-refractivity contribution >= 4 is 0 Å². The third-order valence-corrected chi connectivity index (χ3v) is 0.304. The van der Waals surface area contributed by atoms with Gasteiger partial charge < -0.3 is 11.5 Å². The van der Waals surface area contributed by atoms with E-state index < -0.39 is 0 Å². The molecule has 2 heteroatoms. The molecule has 0 spiro atoms. The van der Waals surface area contributed by atoms with Crippen LogP contribution in [0.5, 0.6) is 0 Å². The van der Waals surface area contributed by atoms with Crippen molar-refractivity contribution in [2.24, 2.45) is 11.5 Å². The van der Waals surface area contributed by atoms with Crippen LogP contribution in [0.3, 0.4) is 0 Å². The summed E-state index contributed by atoms with van der Waals surface area (Å²) < 4.78 is 0. The van der Waals surface area contributed by atoms with Gasteiger partial charge >= 0.3 is 0 Å². The fraction of sp³-hybridized carbons (Fsp3) is 0.667. The Morgan fingerprint density at radius 2 is 2.00 bits per heavy atom. The molecule has 0 fully saturated rings. The molecular formula is C3H9N2. The van der Waals surface area contributed by atoms with E-state index in [4.69, 9.17) is 11.5 Å². The largest absolute Gasteiger partial charge is 0.326 e. The van der Waals surface area contributed by atoms with E-state index >= 15 is 0 Å². The second kappa shape index (κ2) is 2.18. The lowest BCUT2D eigenvalue weighted by molar-refractivity contribution is 0.840. The topological polar surface area (TPSA) is 52.0 Å². The van der Waals surface area contributed by atoms with Crippen LogP contribution in [0.2, 0.25) is 0 Å². The summed E-state index contributed by atoms with van der Waals surface area (Å²) in [6, 6.07) is 0.0370. The van der Waals surface area contributed by atoms with Crippen LogP contribution in [0.15, 0.2) is 0 Å². The molecule has 1 radical (unpaired) electrons. The van der Waals surface area contributed by atoms with E-state index in [-0.39, 0.29) is 6.04 Å². The molecule has 0 aliphatic rings. The van der Waals surface area contributed by atoms with Gasteiger partial charge in [0, 0.05) is 12.6 Å². The Bertz CT molecular complexity index is 18.9. The molecule has 0 saturated heterocycles. The average molecular weight is 73.1 g/mol. The van der Waals surface area contributed by atoms with Crippen molar-refractivity contribution in [1.29, 1.82) is 0 Å². The zero-order chi connectivity index (χ0) is 4.28. The Labute approximate surface area is 32.1 Å². The molecule has 4 N–H and O–H groups in total. The van der Waals surface area contributed by atoms with E-state index in [9.17, 15) is 0 Å². The molecule has 0 amide bonds. The molecule has 0 aliphatic carbocycles. The fourth-order valence-electron chi connectivity index (χ4n) is 0. The monoisotopic (exact) mass is 73.1 g/mol. The van der Waals surface area contributed by atoms with Gasteiger partial charge in [-0.05, 0) is 6.92 Å². The number of hydrogen-bond donors (Lipinski definition) is 2. The van der Waals surface area contributed by atoms with Crippen molar-refractivity contribution < 1.29 is 0 Å². The van der Waals surface area contributed by atoms with Gasteiger partial charge in [0.2, 0.25) is 0 Å². The first-order chi connectivity index (χ1) is 2.27. The van der Waals surface area contributed by atoms with E-state index in [0.29, 0.717) is 0 Å². The SMILES string of the molecule is CC(N)[CH]N. The predicted octanol–water partition coefficient (Wildman–Crippen LogP) is -0.546. The molecule has 0 aliphatic heterocycles. The van der Waals surface area contributed by atoms with Crippen molar-refractivity contribution in [1.82, 2.24) is 0 Å². The molecule has 1 unspecified atom stereocenters. The maximum atomic E-state index is 5.11.